The van der Waals surface area contributed by atoms with Gasteiger partial charge in [-0.2, -0.15) is 9.97 Å². The molecule has 1 aliphatic rings. The third-order valence-electron chi connectivity index (χ3n) is 3.10. The summed E-state index contributed by atoms with van der Waals surface area (Å²) in [6.45, 7) is 5.62. The van der Waals surface area contributed by atoms with Gasteiger partial charge in [0.1, 0.15) is 11.6 Å². The van der Waals surface area contributed by atoms with E-state index in [0.29, 0.717) is 11.9 Å². The van der Waals surface area contributed by atoms with E-state index in [2.05, 4.69) is 20.2 Å². The van der Waals surface area contributed by atoms with Crippen molar-refractivity contribution in [2.45, 2.75) is 13.3 Å². The number of nitrogens with zero attached hydrogens (tertiary/aromatic N) is 3. The van der Waals surface area contributed by atoms with Crippen LogP contribution in [0.5, 0.6) is 0 Å². The Morgan fingerprint density at radius 1 is 1.56 bits per heavy atom. The molecule has 0 aromatic carbocycles. The van der Waals surface area contributed by atoms with Gasteiger partial charge in [0.25, 0.3) is 0 Å². The Hall–Kier alpha value is -1.56. The minimum Gasteiger partial charge on any atom is -0.384 e. The fourth-order valence-corrected chi connectivity index (χ4v) is 2.30. The van der Waals surface area contributed by atoms with Gasteiger partial charge in [0.2, 0.25) is 5.95 Å². The zero-order chi connectivity index (χ0) is 13.0. The molecule has 6 nitrogen and oxygen atoms in total. The average molecular weight is 251 g/mol. The van der Waals surface area contributed by atoms with Crippen molar-refractivity contribution in [3.8, 4) is 0 Å². The lowest BCUT2D eigenvalue weighted by molar-refractivity contribution is 0.161. The van der Waals surface area contributed by atoms with Gasteiger partial charge < -0.3 is 20.7 Å². The van der Waals surface area contributed by atoms with Crippen molar-refractivity contribution in [2.24, 2.45) is 5.92 Å². The number of anilines is 3. The lowest BCUT2D eigenvalue weighted by Gasteiger charge is -2.18. The van der Waals surface area contributed by atoms with Gasteiger partial charge in [-0.3, -0.25) is 0 Å². The number of nitrogen functional groups attached to an aromatic ring is 1. The first-order valence-electron chi connectivity index (χ1n) is 6.35. The van der Waals surface area contributed by atoms with Crippen molar-refractivity contribution < 1.29 is 4.74 Å². The second-order valence-corrected chi connectivity index (χ2v) is 4.56. The van der Waals surface area contributed by atoms with Crippen molar-refractivity contribution in [1.29, 1.82) is 0 Å². The number of nitrogens with two attached hydrogens (primary N) is 1. The van der Waals surface area contributed by atoms with E-state index in [-0.39, 0.29) is 0 Å². The molecule has 0 amide bonds. The molecule has 3 N–H and O–H groups in total. The maximum Gasteiger partial charge on any atom is 0.223 e. The molecular weight excluding hydrogens is 230 g/mol. The van der Waals surface area contributed by atoms with E-state index in [0.717, 1.165) is 44.3 Å². The molecule has 6 heteroatoms. The van der Waals surface area contributed by atoms with Crippen LogP contribution in [0.1, 0.15) is 13.3 Å². The van der Waals surface area contributed by atoms with Crippen LogP contribution in [0, 0.1) is 5.92 Å². The van der Waals surface area contributed by atoms with Crippen LogP contribution in [-0.2, 0) is 4.74 Å². The first kappa shape index (κ1) is 12.9. The molecule has 1 fully saturated rings. The van der Waals surface area contributed by atoms with Crippen LogP contribution in [0.25, 0.3) is 0 Å². The predicted molar refractivity (Wildman–Crippen MR) is 72.8 cm³/mol. The molecule has 1 atom stereocenters. The Morgan fingerprint density at radius 2 is 2.39 bits per heavy atom. The molecule has 1 aromatic rings. The number of hydrogen-bond acceptors (Lipinski definition) is 6. The highest BCUT2D eigenvalue weighted by Crippen LogP contribution is 2.24. The minimum atomic E-state index is 0.318. The van der Waals surface area contributed by atoms with Crippen LogP contribution in [0.15, 0.2) is 6.07 Å². The first-order valence-corrected chi connectivity index (χ1v) is 6.35. The number of hydrogen-bond donors (Lipinski definition) is 2. The second kappa shape index (κ2) is 5.86. The van der Waals surface area contributed by atoms with Gasteiger partial charge in [0, 0.05) is 38.7 Å². The smallest absolute Gasteiger partial charge is 0.223 e. The minimum absolute atomic E-state index is 0.318. The Morgan fingerprint density at radius 3 is 3.11 bits per heavy atom. The standard InChI is InChI=1S/C12H21N5O/c1-3-14-10-6-11(16-12(13)15-10)17-5-4-9(7-17)8-18-2/h6,9H,3-5,7-8H2,1-2H3,(H3,13,14,15,16). The van der Waals surface area contributed by atoms with Gasteiger partial charge in [0.15, 0.2) is 0 Å². The number of ether oxygens (including phenoxy) is 1. The van der Waals surface area contributed by atoms with Crippen LogP contribution < -0.4 is 16.0 Å². The molecule has 1 unspecified atom stereocenters. The van der Waals surface area contributed by atoms with E-state index >= 15 is 0 Å². The Labute approximate surface area is 108 Å². The highest BCUT2D eigenvalue weighted by atomic mass is 16.5. The summed E-state index contributed by atoms with van der Waals surface area (Å²) in [5.41, 5.74) is 5.74. The largest absolute Gasteiger partial charge is 0.384 e. The van der Waals surface area contributed by atoms with Gasteiger partial charge in [0.05, 0.1) is 6.61 Å². The second-order valence-electron chi connectivity index (χ2n) is 4.56. The molecule has 0 saturated carbocycles. The van der Waals surface area contributed by atoms with E-state index < -0.39 is 0 Å². The maximum atomic E-state index is 5.74. The molecule has 0 aliphatic carbocycles. The highest BCUT2D eigenvalue weighted by molar-refractivity contribution is 5.53. The molecule has 0 radical (unpaired) electrons. The van der Waals surface area contributed by atoms with E-state index in [1.54, 1.807) is 7.11 Å². The molecule has 0 bridgehead atoms. The molecule has 1 aromatic heterocycles. The summed E-state index contributed by atoms with van der Waals surface area (Å²) in [7, 11) is 1.74. The molecule has 18 heavy (non-hydrogen) atoms. The third kappa shape index (κ3) is 3.01. The quantitative estimate of drug-likeness (QED) is 0.812. The van der Waals surface area contributed by atoms with Gasteiger partial charge in [-0.25, -0.2) is 0 Å². The lowest BCUT2D eigenvalue weighted by atomic mass is 10.1. The normalized spacial score (nSPS) is 19.2. The zero-order valence-electron chi connectivity index (χ0n) is 11.0. The Bertz CT molecular complexity index is 398. The number of methoxy groups -OCH3 is 1. The van der Waals surface area contributed by atoms with Crippen molar-refractivity contribution >= 4 is 17.6 Å². The van der Waals surface area contributed by atoms with E-state index in [9.17, 15) is 0 Å². The molecule has 1 saturated heterocycles. The summed E-state index contributed by atoms with van der Waals surface area (Å²) in [4.78, 5) is 10.7. The SMILES string of the molecule is CCNc1cc(N2CCC(COC)C2)nc(N)n1. The fraction of sp³-hybridized carbons (Fsp3) is 0.667. The van der Waals surface area contributed by atoms with Crippen molar-refractivity contribution in [1.82, 2.24) is 9.97 Å². The van der Waals surface area contributed by atoms with Crippen LogP contribution in [0.2, 0.25) is 0 Å². The fourth-order valence-electron chi connectivity index (χ4n) is 2.30. The molecule has 1 aliphatic heterocycles. The topological polar surface area (TPSA) is 76.3 Å². The molecule has 0 spiro atoms. The number of nitrogens with one attached hydrogen (secondary N) is 1. The van der Waals surface area contributed by atoms with Crippen molar-refractivity contribution in [3.05, 3.63) is 6.07 Å². The van der Waals surface area contributed by atoms with E-state index in [4.69, 9.17) is 10.5 Å². The van der Waals surface area contributed by atoms with Gasteiger partial charge in [-0.05, 0) is 13.3 Å². The van der Waals surface area contributed by atoms with Crippen LogP contribution in [0.3, 0.4) is 0 Å². The molecule has 2 heterocycles. The monoisotopic (exact) mass is 251 g/mol. The van der Waals surface area contributed by atoms with Gasteiger partial charge in [-0.15, -0.1) is 0 Å². The number of aromatic nitrogens is 2. The summed E-state index contributed by atoms with van der Waals surface area (Å²) in [6, 6.07) is 1.95. The van der Waals surface area contributed by atoms with E-state index in [1.165, 1.54) is 0 Å². The van der Waals surface area contributed by atoms with Crippen molar-refractivity contribution in [2.75, 3.05) is 49.3 Å². The Balaban J connectivity index is 2.08. The Kier molecular flexibility index (Phi) is 4.19. The van der Waals surface area contributed by atoms with E-state index in [1.807, 2.05) is 13.0 Å². The summed E-state index contributed by atoms with van der Waals surface area (Å²) >= 11 is 0. The van der Waals surface area contributed by atoms with Gasteiger partial charge >= 0.3 is 0 Å². The zero-order valence-corrected chi connectivity index (χ0v) is 11.0. The summed E-state index contributed by atoms with van der Waals surface area (Å²) in [5, 5.41) is 3.17. The first-order chi connectivity index (χ1) is 8.72. The predicted octanol–water partition coefficient (Wildman–Crippen LogP) is 0.963. The molecule has 100 valence electrons. The van der Waals surface area contributed by atoms with Crippen LogP contribution >= 0.6 is 0 Å². The maximum absolute atomic E-state index is 5.74. The molecular formula is C12H21N5O. The summed E-state index contributed by atoms with van der Waals surface area (Å²) in [6.07, 6.45) is 1.13. The van der Waals surface area contributed by atoms with Crippen LogP contribution in [-0.4, -0.2) is 43.3 Å². The van der Waals surface area contributed by atoms with Crippen LogP contribution in [0.4, 0.5) is 17.6 Å². The summed E-state index contributed by atoms with van der Waals surface area (Å²) < 4.78 is 5.20. The third-order valence-corrected chi connectivity index (χ3v) is 3.10. The average Bonchev–Trinajstić information content (AvgIpc) is 2.78. The lowest BCUT2D eigenvalue weighted by Crippen LogP contribution is -2.23. The summed E-state index contributed by atoms with van der Waals surface area (Å²) in [5.74, 6) is 2.58. The molecule has 2 rings (SSSR count). The van der Waals surface area contributed by atoms with Crippen molar-refractivity contribution in [3.63, 3.8) is 0 Å². The van der Waals surface area contributed by atoms with Gasteiger partial charge in [-0.1, -0.05) is 0 Å². The number of rotatable bonds is 5. The highest BCUT2D eigenvalue weighted by Gasteiger charge is 2.23.